The lowest BCUT2D eigenvalue weighted by atomic mass is 10.2. The standard InChI is InChI=1S/C7H12ClN3O2/c1-4(8)3-11-7(13)5(9)2-6(10)12/h5H,1-3,9H2,(H2,10,12)(H,11,13). The van der Waals surface area contributed by atoms with E-state index in [1.54, 1.807) is 0 Å². The summed E-state index contributed by atoms with van der Waals surface area (Å²) in [4.78, 5) is 21.4. The first-order valence-electron chi connectivity index (χ1n) is 3.58. The molecule has 74 valence electrons. The van der Waals surface area contributed by atoms with E-state index in [0.717, 1.165) is 0 Å². The summed E-state index contributed by atoms with van der Waals surface area (Å²) in [6.45, 7) is 3.50. The number of amides is 2. The number of hydrogen-bond acceptors (Lipinski definition) is 3. The molecule has 0 fully saturated rings. The third-order valence-corrected chi connectivity index (χ3v) is 1.35. The van der Waals surface area contributed by atoms with E-state index in [-0.39, 0.29) is 13.0 Å². The van der Waals surface area contributed by atoms with Crippen molar-refractivity contribution in [3.63, 3.8) is 0 Å². The first kappa shape index (κ1) is 11.9. The van der Waals surface area contributed by atoms with Gasteiger partial charge in [0.25, 0.3) is 0 Å². The molecule has 0 heterocycles. The molecule has 0 aromatic carbocycles. The van der Waals surface area contributed by atoms with Crippen LogP contribution in [0.2, 0.25) is 0 Å². The topological polar surface area (TPSA) is 98.2 Å². The molecule has 0 bridgehead atoms. The van der Waals surface area contributed by atoms with Gasteiger partial charge in [0.05, 0.1) is 19.0 Å². The smallest absolute Gasteiger partial charge is 0.237 e. The van der Waals surface area contributed by atoms with Crippen LogP contribution in [0.5, 0.6) is 0 Å². The van der Waals surface area contributed by atoms with Crippen molar-refractivity contribution >= 4 is 23.4 Å². The maximum atomic E-state index is 11.0. The maximum absolute atomic E-state index is 11.0. The van der Waals surface area contributed by atoms with Crippen molar-refractivity contribution in [2.75, 3.05) is 6.54 Å². The molecule has 5 N–H and O–H groups in total. The Kier molecular flexibility index (Phi) is 5.10. The molecule has 0 aliphatic carbocycles. The van der Waals surface area contributed by atoms with E-state index >= 15 is 0 Å². The quantitative estimate of drug-likeness (QED) is 0.540. The van der Waals surface area contributed by atoms with E-state index in [0.29, 0.717) is 5.03 Å². The Balaban J connectivity index is 3.82. The number of hydrogen-bond donors (Lipinski definition) is 3. The molecule has 1 unspecified atom stereocenters. The highest BCUT2D eigenvalue weighted by Crippen LogP contribution is 1.93. The van der Waals surface area contributed by atoms with E-state index in [1.807, 2.05) is 0 Å². The lowest BCUT2D eigenvalue weighted by Gasteiger charge is -2.09. The molecule has 6 heteroatoms. The summed E-state index contributed by atoms with van der Waals surface area (Å²) >= 11 is 5.39. The van der Waals surface area contributed by atoms with Crippen molar-refractivity contribution in [1.82, 2.24) is 5.32 Å². The number of carbonyl (C=O) groups is 2. The van der Waals surface area contributed by atoms with Gasteiger partial charge in [-0.2, -0.15) is 0 Å². The monoisotopic (exact) mass is 205 g/mol. The minimum absolute atomic E-state index is 0.132. The van der Waals surface area contributed by atoms with Gasteiger partial charge in [-0.25, -0.2) is 0 Å². The number of halogens is 1. The number of rotatable bonds is 5. The molecule has 0 aromatic rings. The normalized spacial score (nSPS) is 11.8. The van der Waals surface area contributed by atoms with Gasteiger partial charge in [0.15, 0.2) is 0 Å². The van der Waals surface area contributed by atoms with E-state index in [9.17, 15) is 9.59 Å². The summed E-state index contributed by atoms with van der Waals surface area (Å²) in [7, 11) is 0. The van der Waals surface area contributed by atoms with E-state index in [1.165, 1.54) is 0 Å². The van der Waals surface area contributed by atoms with Crippen molar-refractivity contribution in [1.29, 1.82) is 0 Å². The van der Waals surface area contributed by atoms with Crippen molar-refractivity contribution < 1.29 is 9.59 Å². The Hall–Kier alpha value is -1.07. The van der Waals surface area contributed by atoms with Crippen LogP contribution in [-0.4, -0.2) is 24.4 Å². The SMILES string of the molecule is C=C(Cl)CNC(=O)C(N)CC(N)=O. The largest absolute Gasteiger partial charge is 0.370 e. The minimum atomic E-state index is -0.923. The summed E-state index contributed by atoms with van der Waals surface area (Å²) in [6.07, 6.45) is -0.180. The van der Waals surface area contributed by atoms with Crippen molar-refractivity contribution in [2.24, 2.45) is 11.5 Å². The summed E-state index contributed by atoms with van der Waals surface area (Å²) in [5.41, 5.74) is 10.2. The summed E-state index contributed by atoms with van der Waals surface area (Å²) < 4.78 is 0. The highest BCUT2D eigenvalue weighted by molar-refractivity contribution is 6.29. The Morgan fingerprint density at radius 2 is 2.08 bits per heavy atom. The molecule has 0 spiro atoms. The highest BCUT2D eigenvalue weighted by atomic mass is 35.5. The number of primary amides is 1. The fraction of sp³-hybridized carbons (Fsp3) is 0.429. The van der Waals surface area contributed by atoms with Gasteiger partial charge in [0.1, 0.15) is 0 Å². The molecular weight excluding hydrogens is 194 g/mol. The lowest BCUT2D eigenvalue weighted by Crippen LogP contribution is -2.43. The van der Waals surface area contributed by atoms with Crippen LogP contribution < -0.4 is 16.8 Å². The second-order valence-corrected chi connectivity index (χ2v) is 3.05. The van der Waals surface area contributed by atoms with Crippen molar-refractivity contribution in [3.05, 3.63) is 11.6 Å². The minimum Gasteiger partial charge on any atom is -0.370 e. The molecule has 5 nitrogen and oxygen atoms in total. The fourth-order valence-corrected chi connectivity index (χ4v) is 0.690. The molecule has 13 heavy (non-hydrogen) atoms. The Morgan fingerprint density at radius 1 is 1.54 bits per heavy atom. The van der Waals surface area contributed by atoms with Crippen molar-refractivity contribution in [3.8, 4) is 0 Å². The van der Waals surface area contributed by atoms with Gasteiger partial charge in [-0.3, -0.25) is 9.59 Å². The van der Waals surface area contributed by atoms with Gasteiger partial charge in [-0.05, 0) is 0 Å². The molecule has 0 radical (unpaired) electrons. The van der Waals surface area contributed by atoms with Gasteiger partial charge in [0.2, 0.25) is 11.8 Å². The molecule has 0 saturated carbocycles. The molecule has 2 amide bonds. The van der Waals surface area contributed by atoms with E-state index in [2.05, 4.69) is 11.9 Å². The van der Waals surface area contributed by atoms with Gasteiger partial charge in [-0.15, -0.1) is 0 Å². The predicted octanol–water partition coefficient (Wildman–Crippen LogP) is -0.942. The van der Waals surface area contributed by atoms with Crippen LogP contribution in [-0.2, 0) is 9.59 Å². The molecule has 1 atom stereocenters. The van der Waals surface area contributed by atoms with Gasteiger partial charge in [0, 0.05) is 5.03 Å². The highest BCUT2D eigenvalue weighted by Gasteiger charge is 2.14. The Labute approximate surface area is 81.1 Å². The van der Waals surface area contributed by atoms with Crippen LogP contribution in [0.1, 0.15) is 6.42 Å². The van der Waals surface area contributed by atoms with Crippen molar-refractivity contribution in [2.45, 2.75) is 12.5 Å². The zero-order valence-electron chi connectivity index (χ0n) is 7.05. The Bertz CT molecular complexity index is 230. The van der Waals surface area contributed by atoms with Gasteiger partial charge in [-0.1, -0.05) is 18.2 Å². The summed E-state index contributed by atoms with van der Waals surface area (Å²) in [6, 6.07) is -0.923. The molecule has 0 aromatic heterocycles. The predicted molar refractivity (Wildman–Crippen MR) is 49.8 cm³/mol. The number of carbonyl (C=O) groups excluding carboxylic acids is 2. The van der Waals surface area contributed by atoms with Crippen LogP contribution in [0.3, 0.4) is 0 Å². The van der Waals surface area contributed by atoms with Crippen LogP contribution in [0.4, 0.5) is 0 Å². The summed E-state index contributed by atoms with van der Waals surface area (Å²) in [5.74, 6) is -1.09. The molecule has 0 saturated heterocycles. The molecule has 0 rings (SSSR count). The molecule has 0 aliphatic heterocycles. The second kappa shape index (κ2) is 5.55. The van der Waals surface area contributed by atoms with Crippen LogP contribution in [0.15, 0.2) is 11.6 Å². The van der Waals surface area contributed by atoms with Gasteiger partial charge < -0.3 is 16.8 Å². The number of nitrogens with two attached hydrogens (primary N) is 2. The third-order valence-electron chi connectivity index (χ3n) is 1.21. The maximum Gasteiger partial charge on any atom is 0.237 e. The third kappa shape index (κ3) is 6.12. The Morgan fingerprint density at radius 3 is 2.46 bits per heavy atom. The molecular formula is C7H12ClN3O2. The average molecular weight is 206 g/mol. The average Bonchev–Trinajstić information content (AvgIpc) is 1.98. The van der Waals surface area contributed by atoms with Crippen LogP contribution >= 0.6 is 11.6 Å². The number of nitrogens with one attached hydrogen (secondary N) is 1. The zero-order chi connectivity index (χ0) is 10.4. The van der Waals surface area contributed by atoms with Crippen LogP contribution in [0.25, 0.3) is 0 Å². The van der Waals surface area contributed by atoms with Gasteiger partial charge >= 0.3 is 0 Å². The first-order chi connectivity index (χ1) is 5.93. The molecule has 0 aliphatic rings. The first-order valence-corrected chi connectivity index (χ1v) is 3.96. The van der Waals surface area contributed by atoms with E-state index in [4.69, 9.17) is 23.1 Å². The zero-order valence-corrected chi connectivity index (χ0v) is 7.80. The second-order valence-electron chi connectivity index (χ2n) is 2.51. The fourth-order valence-electron chi connectivity index (χ4n) is 0.624. The van der Waals surface area contributed by atoms with Crippen LogP contribution in [0, 0.1) is 0 Å². The van der Waals surface area contributed by atoms with E-state index < -0.39 is 17.9 Å². The lowest BCUT2D eigenvalue weighted by molar-refractivity contribution is -0.126. The summed E-state index contributed by atoms with van der Waals surface area (Å²) in [5, 5.41) is 2.68.